The molecule has 2 amide bonds. The van der Waals surface area contributed by atoms with Gasteiger partial charge in [0, 0.05) is 13.1 Å². The third-order valence-corrected chi connectivity index (χ3v) is 3.31. The zero-order valence-electron chi connectivity index (χ0n) is 13.7. The van der Waals surface area contributed by atoms with Gasteiger partial charge in [-0.2, -0.15) is 0 Å². The Bertz CT molecular complexity index is 376. The van der Waals surface area contributed by atoms with Gasteiger partial charge in [0.25, 0.3) is 0 Å². The van der Waals surface area contributed by atoms with Crippen molar-refractivity contribution in [3.63, 3.8) is 0 Å². The fraction of sp³-hybridized carbons (Fsp3) is 0.867. The molecule has 0 aromatic heterocycles. The van der Waals surface area contributed by atoms with Crippen LogP contribution in [0.2, 0.25) is 0 Å². The molecule has 1 fully saturated rings. The highest BCUT2D eigenvalue weighted by molar-refractivity contribution is 5.86. The molecule has 21 heavy (non-hydrogen) atoms. The highest BCUT2D eigenvalue weighted by Crippen LogP contribution is 2.15. The summed E-state index contributed by atoms with van der Waals surface area (Å²) in [5.74, 6) is -0.210. The van der Waals surface area contributed by atoms with E-state index in [1.54, 1.807) is 25.7 Å². The van der Waals surface area contributed by atoms with Crippen molar-refractivity contribution in [1.29, 1.82) is 0 Å². The molecular formula is C15H28N2O4. The summed E-state index contributed by atoms with van der Waals surface area (Å²) in [4.78, 5) is 26.0. The van der Waals surface area contributed by atoms with Gasteiger partial charge in [-0.1, -0.05) is 13.8 Å². The molecule has 0 spiro atoms. The van der Waals surface area contributed by atoms with Crippen molar-refractivity contribution in [2.24, 2.45) is 5.92 Å². The number of amides is 2. The second-order valence-electron chi connectivity index (χ2n) is 6.95. The van der Waals surface area contributed by atoms with Crippen LogP contribution < -0.4 is 5.32 Å². The minimum absolute atomic E-state index is 0.0518. The predicted molar refractivity (Wildman–Crippen MR) is 79.8 cm³/mol. The number of β-amino-alcohol motifs (C(OH)–C–C–N with tert-alkyl or cyclic N) is 1. The van der Waals surface area contributed by atoms with Crippen molar-refractivity contribution in [3.05, 3.63) is 0 Å². The minimum Gasteiger partial charge on any atom is -0.444 e. The Kier molecular flexibility index (Phi) is 6.01. The van der Waals surface area contributed by atoms with Gasteiger partial charge in [0.1, 0.15) is 11.6 Å². The molecule has 1 aliphatic heterocycles. The second kappa shape index (κ2) is 7.11. The van der Waals surface area contributed by atoms with Crippen LogP contribution in [-0.4, -0.2) is 52.8 Å². The predicted octanol–water partition coefficient (Wildman–Crippen LogP) is 1.52. The van der Waals surface area contributed by atoms with Crippen LogP contribution >= 0.6 is 0 Å². The largest absolute Gasteiger partial charge is 0.444 e. The van der Waals surface area contributed by atoms with E-state index in [1.165, 1.54) is 0 Å². The number of alkyl carbamates (subject to hydrolysis) is 1. The van der Waals surface area contributed by atoms with Gasteiger partial charge in [0.2, 0.25) is 5.91 Å². The first-order chi connectivity index (χ1) is 9.60. The molecule has 0 aliphatic carbocycles. The Hall–Kier alpha value is -1.30. The minimum atomic E-state index is -0.634. The SMILES string of the molecule is CC(C)[C@H](NC(=O)OC(C)(C)C)C(=O)N1CCCC(O)C1. The van der Waals surface area contributed by atoms with E-state index in [1.807, 2.05) is 13.8 Å². The Morgan fingerprint density at radius 2 is 1.95 bits per heavy atom. The van der Waals surface area contributed by atoms with Crippen LogP contribution in [0.4, 0.5) is 4.79 Å². The third-order valence-electron chi connectivity index (χ3n) is 3.31. The summed E-state index contributed by atoms with van der Waals surface area (Å²) in [7, 11) is 0. The lowest BCUT2D eigenvalue weighted by Gasteiger charge is -2.34. The monoisotopic (exact) mass is 300 g/mol. The molecular weight excluding hydrogens is 272 g/mol. The summed E-state index contributed by atoms with van der Waals surface area (Å²) in [6.45, 7) is 10.0. The van der Waals surface area contributed by atoms with E-state index in [-0.39, 0.29) is 11.8 Å². The lowest BCUT2D eigenvalue weighted by atomic mass is 10.0. The highest BCUT2D eigenvalue weighted by atomic mass is 16.6. The lowest BCUT2D eigenvalue weighted by Crippen LogP contribution is -2.54. The Morgan fingerprint density at radius 1 is 1.33 bits per heavy atom. The molecule has 0 saturated carbocycles. The molecule has 0 bridgehead atoms. The zero-order valence-corrected chi connectivity index (χ0v) is 13.7. The van der Waals surface area contributed by atoms with Crippen LogP contribution in [0.25, 0.3) is 0 Å². The molecule has 0 aromatic rings. The normalized spacial score (nSPS) is 21.1. The highest BCUT2D eigenvalue weighted by Gasteiger charge is 2.32. The first-order valence-electron chi connectivity index (χ1n) is 7.56. The van der Waals surface area contributed by atoms with Crippen LogP contribution in [-0.2, 0) is 9.53 Å². The number of likely N-dealkylation sites (tertiary alicyclic amines) is 1. The molecule has 1 heterocycles. The van der Waals surface area contributed by atoms with E-state index < -0.39 is 23.8 Å². The number of aliphatic hydroxyl groups is 1. The molecule has 2 N–H and O–H groups in total. The van der Waals surface area contributed by atoms with Crippen LogP contribution in [0.3, 0.4) is 0 Å². The number of rotatable bonds is 3. The van der Waals surface area contributed by atoms with Gasteiger partial charge in [-0.3, -0.25) is 4.79 Å². The number of ether oxygens (including phenoxy) is 1. The van der Waals surface area contributed by atoms with Gasteiger partial charge in [0.05, 0.1) is 6.10 Å². The summed E-state index contributed by atoms with van der Waals surface area (Å²) in [5, 5.41) is 12.3. The Labute approximate surface area is 126 Å². The van der Waals surface area contributed by atoms with E-state index in [0.717, 1.165) is 12.8 Å². The van der Waals surface area contributed by atoms with Gasteiger partial charge < -0.3 is 20.1 Å². The molecule has 0 aromatic carbocycles. The molecule has 6 heteroatoms. The summed E-state index contributed by atoms with van der Waals surface area (Å²) in [6.07, 6.45) is 0.434. The van der Waals surface area contributed by atoms with Gasteiger partial charge in [0.15, 0.2) is 0 Å². The van der Waals surface area contributed by atoms with Crippen LogP contribution in [0.15, 0.2) is 0 Å². The smallest absolute Gasteiger partial charge is 0.408 e. The maximum absolute atomic E-state index is 12.5. The molecule has 122 valence electrons. The first-order valence-corrected chi connectivity index (χ1v) is 7.56. The van der Waals surface area contributed by atoms with E-state index in [0.29, 0.717) is 13.1 Å². The first kappa shape index (κ1) is 17.8. The van der Waals surface area contributed by atoms with Crippen molar-refractivity contribution >= 4 is 12.0 Å². The van der Waals surface area contributed by atoms with Crippen molar-refractivity contribution in [3.8, 4) is 0 Å². The van der Waals surface area contributed by atoms with E-state index >= 15 is 0 Å². The topological polar surface area (TPSA) is 78.9 Å². The van der Waals surface area contributed by atoms with Gasteiger partial charge in [-0.05, 0) is 39.5 Å². The number of carbonyl (C=O) groups is 2. The quantitative estimate of drug-likeness (QED) is 0.828. The van der Waals surface area contributed by atoms with Crippen molar-refractivity contribution in [2.45, 2.75) is 65.2 Å². The van der Waals surface area contributed by atoms with Crippen LogP contribution in [0.1, 0.15) is 47.5 Å². The Balaban J connectivity index is 2.68. The van der Waals surface area contributed by atoms with Crippen LogP contribution in [0.5, 0.6) is 0 Å². The van der Waals surface area contributed by atoms with Crippen molar-refractivity contribution in [1.82, 2.24) is 10.2 Å². The summed E-state index contributed by atoms with van der Waals surface area (Å²) < 4.78 is 5.21. The zero-order chi connectivity index (χ0) is 16.2. The standard InChI is InChI=1S/C15H28N2O4/c1-10(2)12(16-14(20)21-15(3,4)5)13(19)17-8-6-7-11(18)9-17/h10-12,18H,6-9H2,1-5H3,(H,16,20)/t11?,12-/m0/s1. The molecule has 1 aliphatic rings. The maximum atomic E-state index is 12.5. The van der Waals surface area contributed by atoms with Gasteiger partial charge in [-0.15, -0.1) is 0 Å². The van der Waals surface area contributed by atoms with E-state index in [9.17, 15) is 14.7 Å². The number of aliphatic hydroxyl groups excluding tert-OH is 1. The summed E-state index contributed by atoms with van der Waals surface area (Å²) in [5.41, 5.74) is -0.601. The van der Waals surface area contributed by atoms with Crippen LogP contribution in [0, 0.1) is 5.92 Å². The molecule has 1 rings (SSSR count). The molecule has 2 atom stereocenters. The number of hydrogen-bond donors (Lipinski definition) is 2. The van der Waals surface area contributed by atoms with E-state index in [2.05, 4.69) is 5.32 Å². The average Bonchev–Trinajstić information content (AvgIpc) is 2.32. The lowest BCUT2D eigenvalue weighted by molar-refractivity contribution is -0.137. The maximum Gasteiger partial charge on any atom is 0.408 e. The fourth-order valence-electron chi connectivity index (χ4n) is 2.30. The third kappa shape index (κ3) is 5.91. The second-order valence-corrected chi connectivity index (χ2v) is 6.95. The number of piperidine rings is 1. The average molecular weight is 300 g/mol. The number of nitrogens with one attached hydrogen (secondary N) is 1. The molecule has 1 unspecified atom stereocenters. The summed E-state index contributed by atoms with van der Waals surface area (Å²) >= 11 is 0. The van der Waals surface area contributed by atoms with Crippen molar-refractivity contribution in [2.75, 3.05) is 13.1 Å². The molecule has 6 nitrogen and oxygen atoms in total. The van der Waals surface area contributed by atoms with Gasteiger partial charge >= 0.3 is 6.09 Å². The summed E-state index contributed by atoms with van der Waals surface area (Å²) in [6, 6.07) is -0.634. The van der Waals surface area contributed by atoms with E-state index in [4.69, 9.17) is 4.74 Å². The number of nitrogens with zero attached hydrogens (tertiary/aromatic N) is 1. The van der Waals surface area contributed by atoms with Gasteiger partial charge in [-0.25, -0.2) is 4.79 Å². The fourth-order valence-corrected chi connectivity index (χ4v) is 2.30. The van der Waals surface area contributed by atoms with Crippen molar-refractivity contribution < 1.29 is 19.4 Å². The number of carbonyl (C=O) groups excluding carboxylic acids is 2. The number of hydrogen-bond acceptors (Lipinski definition) is 4. The Morgan fingerprint density at radius 3 is 2.43 bits per heavy atom. The molecule has 0 radical (unpaired) electrons. The molecule has 1 saturated heterocycles.